The summed E-state index contributed by atoms with van der Waals surface area (Å²) in [7, 11) is 1.42. The number of nitrogens with zero attached hydrogens (tertiary/aromatic N) is 4. The molecule has 2 unspecified atom stereocenters. The molecule has 1 amide bonds. The average Bonchev–Trinajstić information content (AvgIpc) is 3.25. The van der Waals surface area contributed by atoms with Crippen molar-refractivity contribution < 1.29 is 41.3 Å². The van der Waals surface area contributed by atoms with E-state index in [1.807, 2.05) is 0 Å². The summed E-state index contributed by atoms with van der Waals surface area (Å²) >= 11 is 0. The number of carbonyl (C=O) groups is 1. The lowest BCUT2D eigenvalue weighted by atomic mass is 9.95. The summed E-state index contributed by atoms with van der Waals surface area (Å²) in [4.78, 5) is 39.1. The number of phenols is 1. The van der Waals surface area contributed by atoms with Gasteiger partial charge in [-0.2, -0.15) is 23.1 Å². The van der Waals surface area contributed by atoms with Gasteiger partial charge in [-0.05, 0) is 36.4 Å². The molecule has 2 atom stereocenters. The maximum Gasteiger partial charge on any atom is 0.471 e. The highest BCUT2D eigenvalue weighted by Crippen LogP contribution is 2.40. The number of anilines is 1. The van der Waals surface area contributed by atoms with Gasteiger partial charge in [0.1, 0.15) is 34.9 Å². The lowest BCUT2D eigenvalue weighted by Gasteiger charge is -2.41. The number of aromatic amines is 1. The fourth-order valence-electron chi connectivity index (χ4n) is 6.16. The van der Waals surface area contributed by atoms with E-state index < -0.39 is 52.6 Å². The number of pyridine rings is 1. The normalized spacial score (nSPS) is 18.1. The Morgan fingerprint density at radius 1 is 1.13 bits per heavy atom. The number of phenolic OH excluding ortho intramolecular Hbond substituents is 1. The Kier molecular flexibility index (Phi) is 7.48. The van der Waals surface area contributed by atoms with E-state index in [9.17, 15) is 32.3 Å². The molecule has 0 spiro atoms. The highest BCUT2D eigenvalue weighted by atomic mass is 19.4. The zero-order valence-electron chi connectivity index (χ0n) is 23.5. The zero-order chi connectivity index (χ0) is 32.2. The number of piperazine rings is 1. The lowest BCUT2D eigenvalue weighted by Crippen LogP contribution is -2.59. The number of carbonyl (C=O) groups excluding carboxylic acids is 1. The molecule has 2 aliphatic heterocycles. The van der Waals surface area contributed by atoms with Crippen LogP contribution in [0.5, 0.6) is 11.8 Å². The van der Waals surface area contributed by atoms with Crippen LogP contribution in [-0.4, -0.2) is 82.5 Å². The van der Waals surface area contributed by atoms with E-state index >= 15 is 4.39 Å². The molecule has 0 aliphatic carbocycles. The third-order valence-electron chi connectivity index (χ3n) is 8.01. The van der Waals surface area contributed by atoms with Gasteiger partial charge in [0.25, 0.3) is 5.56 Å². The number of hydrogen-bond donors (Lipinski definition) is 2. The molecule has 2 bridgehead atoms. The largest absolute Gasteiger partial charge is 0.508 e. The van der Waals surface area contributed by atoms with E-state index in [0.29, 0.717) is 0 Å². The van der Waals surface area contributed by atoms with Crippen molar-refractivity contribution in [1.29, 1.82) is 0 Å². The summed E-state index contributed by atoms with van der Waals surface area (Å²) in [6, 6.07) is 2.84. The van der Waals surface area contributed by atoms with Crippen LogP contribution in [0.2, 0.25) is 0 Å². The van der Waals surface area contributed by atoms with Gasteiger partial charge in [0.2, 0.25) is 0 Å². The van der Waals surface area contributed by atoms with Crippen LogP contribution in [0.15, 0.2) is 29.1 Å². The fourth-order valence-corrected chi connectivity index (χ4v) is 6.16. The predicted octanol–water partition coefficient (Wildman–Crippen LogP) is 3.87. The molecule has 2 N–H and O–H groups in total. The number of nitrogens with one attached hydrogen (secondary N) is 1. The van der Waals surface area contributed by atoms with Gasteiger partial charge in [-0.3, -0.25) is 9.59 Å². The first kappa shape index (κ1) is 30.1. The Morgan fingerprint density at radius 2 is 1.84 bits per heavy atom. The molecule has 2 aromatic carbocycles. The van der Waals surface area contributed by atoms with E-state index in [4.69, 9.17) is 15.9 Å². The van der Waals surface area contributed by atoms with Crippen LogP contribution < -0.4 is 15.2 Å². The molecule has 15 heteroatoms. The third-order valence-corrected chi connectivity index (χ3v) is 8.01. The molecule has 234 valence electrons. The second-order valence-corrected chi connectivity index (χ2v) is 10.7. The number of methoxy groups -OCH3 is 1. The minimum absolute atomic E-state index is 0.0528. The predicted molar refractivity (Wildman–Crippen MR) is 152 cm³/mol. The molecule has 45 heavy (non-hydrogen) atoms. The molecule has 2 aliphatic rings. The zero-order valence-corrected chi connectivity index (χ0v) is 23.5. The van der Waals surface area contributed by atoms with Gasteiger partial charge in [0, 0.05) is 31.1 Å². The minimum Gasteiger partial charge on any atom is -0.508 e. The molecule has 2 saturated heterocycles. The molecule has 10 nitrogen and oxygen atoms in total. The van der Waals surface area contributed by atoms with E-state index in [1.54, 1.807) is 0 Å². The molecule has 0 saturated carbocycles. The number of benzene rings is 2. The number of amides is 1. The highest BCUT2D eigenvalue weighted by Gasteiger charge is 2.52. The van der Waals surface area contributed by atoms with Gasteiger partial charge < -0.3 is 29.4 Å². The number of H-pyrrole nitrogens is 1. The van der Waals surface area contributed by atoms with Crippen LogP contribution in [0.25, 0.3) is 32.9 Å². The van der Waals surface area contributed by atoms with Gasteiger partial charge in [0.15, 0.2) is 5.82 Å². The minimum atomic E-state index is -5.05. The average molecular weight is 630 g/mol. The SMILES string of the molecule is C#Cc1c(F)ccc2cc(O)cc(-c3[nH]c(=O)c4c(N5CC6CCC(C5)N6C(=O)C(F)(F)F)nc(OCCOC)nc4c3F)c12. The topological polar surface area (TPSA) is 121 Å². The van der Waals surface area contributed by atoms with Crippen molar-refractivity contribution in [3.63, 3.8) is 0 Å². The van der Waals surface area contributed by atoms with Crippen LogP contribution in [-0.2, 0) is 9.53 Å². The van der Waals surface area contributed by atoms with Crippen molar-refractivity contribution in [2.75, 3.05) is 38.3 Å². The maximum atomic E-state index is 16.5. The molecule has 6 rings (SSSR count). The van der Waals surface area contributed by atoms with Gasteiger partial charge in [0.05, 0.1) is 29.9 Å². The summed E-state index contributed by atoms with van der Waals surface area (Å²) < 4.78 is 81.7. The second-order valence-electron chi connectivity index (χ2n) is 10.7. The van der Waals surface area contributed by atoms with Gasteiger partial charge in [-0.1, -0.05) is 12.0 Å². The number of alkyl halides is 3. The second kappa shape index (κ2) is 11.2. The Bertz CT molecular complexity index is 1940. The van der Waals surface area contributed by atoms with Crippen LogP contribution >= 0.6 is 0 Å². The lowest BCUT2D eigenvalue weighted by molar-refractivity contribution is -0.188. The molecule has 4 aromatic rings. The summed E-state index contributed by atoms with van der Waals surface area (Å²) in [6.45, 7) is -0.183. The molecule has 2 aromatic heterocycles. The van der Waals surface area contributed by atoms with Crippen molar-refractivity contribution in [3.05, 3.63) is 51.8 Å². The van der Waals surface area contributed by atoms with Crippen molar-refractivity contribution in [2.24, 2.45) is 0 Å². The summed E-state index contributed by atoms with van der Waals surface area (Å²) in [5, 5.41) is 10.4. The summed E-state index contributed by atoms with van der Waals surface area (Å²) in [5.74, 6) is -2.00. The number of terminal acetylenes is 1. The van der Waals surface area contributed by atoms with Gasteiger partial charge in [-0.25, -0.2) is 8.78 Å². The van der Waals surface area contributed by atoms with Crippen LogP contribution in [0.4, 0.5) is 27.8 Å². The summed E-state index contributed by atoms with van der Waals surface area (Å²) in [5.41, 5.74) is -2.17. The monoisotopic (exact) mass is 629 g/mol. The van der Waals surface area contributed by atoms with Crippen molar-refractivity contribution in [2.45, 2.75) is 31.1 Å². The van der Waals surface area contributed by atoms with Gasteiger partial charge in [-0.15, -0.1) is 6.42 Å². The first-order valence-electron chi connectivity index (χ1n) is 13.7. The Morgan fingerprint density at radius 3 is 2.49 bits per heavy atom. The van der Waals surface area contributed by atoms with Crippen LogP contribution in [0.3, 0.4) is 0 Å². The quantitative estimate of drug-likeness (QED) is 0.188. The number of hydrogen-bond acceptors (Lipinski definition) is 8. The Hall–Kier alpha value is -4.97. The van der Waals surface area contributed by atoms with E-state index in [2.05, 4.69) is 20.9 Å². The van der Waals surface area contributed by atoms with E-state index in [0.717, 1.165) is 17.0 Å². The van der Waals surface area contributed by atoms with E-state index in [-0.39, 0.29) is 84.0 Å². The number of rotatable bonds is 6. The van der Waals surface area contributed by atoms with Crippen molar-refractivity contribution in [3.8, 4) is 35.4 Å². The fraction of sp³-hybridized carbons (Fsp3) is 0.333. The molecular formula is C30H24F5N5O5. The Labute approximate surface area is 251 Å². The standard InChI is InChI=1S/C30H24F5N5O5/c1-3-18-20(31)7-4-14-10-17(41)11-19(21(14)18)24-23(32)25-22(27(42)36-24)26(38-29(37-25)45-9-8-44-2)39-12-15-5-6-16(13-39)40(15)28(43)30(33,34)35/h1,4,7,10-11,15-16,41H,5-6,8-9,12-13H2,2H3,(H,36,42). The van der Waals surface area contributed by atoms with E-state index in [1.165, 1.54) is 24.1 Å². The first-order valence-corrected chi connectivity index (χ1v) is 13.7. The van der Waals surface area contributed by atoms with Gasteiger partial charge >= 0.3 is 18.1 Å². The molecule has 4 heterocycles. The van der Waals surface area contributed by atoms with Crippen molar-refractivity contribution >= 4 is 33.4 Å². The van der Waals surface area contributed by atoms with Crippen molar-refractivity contribution in [1.82, 2.24) is 19.9 Å². The summed E-state index contributed by atoms with van der Waals surface area (Å²) in [6.07, 6.45) is 1.09. The smallest absolute Gasteiger partial charge is 0.471 e. The number of aromatic hydroxyl groups is 1. The molecular weight excluding hydrogens is 605 g/mol. The first-order chi connectivity index (χ1) is 21.4. The maximum absolute atomic E-state index is 16.5. The number of fused-ring (bicyclic) bond motifs is 4. The molecule has 0 radical (unpaired) electrons. The third kappa shape index (κ3) is 5.14. The van der Waals surface area contributed by atoms with Crippen LogP contribution in [0.1, 0.15) is 18.4 Å². The number of halogens is 5. The Balaban J connectivity index is 1.54. The van der Waals surface area contributed by atoms with Crippen LogP contribution in [0, 0.1) is 24.0 Å². The molecule has 2 fully saturated rings. The highest BCUT2D eigenvalue weighted by molar-refractivity contribution is 6.03. The number of aromatic nitrogens is 3. The number of ether oxygens (including phenoxy) is 2.